The largest absolute Gasteiger partial charge is 0.372 e. The number of hydrogen-bond acceptors (Lipinski definition) is 5. The predicted octanol–water partition coefficient (Wildman–Crippen LogP) is 2.69. The van der Waals surface area contributed by atoms with Crippen molar-refractivity contribution in [3.05, 3.63) is 48.3 Å². The molecule has 0 aliphatic carbocycles. The van der Waals surface area contributed by atoms with Crippen molar-refractivity contribution in [1.29, 1.82) is 0 Å². The first-order chi connectivity index (χ1) is 13.2. The first-order valence-corrected chi connectivity index (χ1v) is 9.74. The number of anilines is 3. The molecule has 2 aromatic rings. The minimum Gasteiger partial charge on any atom is -0.372 e. The Morgan fingerprint density at radius 1 is 0.889 bits per heavy atom. The van der Waals surface area contributed by atoms with Crippen molar-refractivity contribution < 1.29 is 4.79 Å². The second kappa shape index (κ2) is 7.96. The summed E-state index contributed by atoms with van der Waals surface area (Å²) in [6.45, 7) is 6.22. The summed E-state index contributed by atoms with van der Waals surface area (Å²) >= 11 is 0. The van der Waals surface area contributed by atoms with Gasteiger partial charge in [0.15, 0.2) is 0 Å². The van der Waals surface area contributed by atoms with Gasteiger partial charge in [0.25, 0.3) is 5.91 Å². The third kappa shape index (κ3) is 4.22. The van der Waals surface area contributed by atoms with E-state index in [1.807, 2.05) is 24.4 Å². The Morgan fingerprint density at radius 2 is 1.56 bits per heavy atom. The number of nitrogens with zero attached hydrogens (tertiary/aromatic N) is 4. The molecule has 1 aromatic heterocycles. The van der Waals surface area contributed by atoms with Crippen molar-refractivity contribution in [2.75, 3.05) is 61.4 Å². The maximum absolute atomic E-state index is 12.7. The Kier molecular flexibility index (Phi) is 5.25. The van der Waals surface area contributed by atoms with E-state index in [-0.39, 0.29) is 5.91 Å². The summed E-state index contributed by atoms with van der Waals surface area (Å²) in [7, 11) is 2.13. The number of piperazine rings is 1. The summed E-state index contributed by atoms with van der Waals surface area (Å²) in [4.78, 5) is 23.9. The van der Waals surface area contributed by atoms with Crippen LogP contribution in [0.1, 0.15) is 23.2 Å². The van der Waals surface area contributed by atoms with Gasteiger partial charge in [0.05, 0.1) is 17.4 Å². The van der Waals surface area contributed by atoms with Crippen LogP contribution >= 0.6 is 0 Å². The van der Waals surface area contributed by atoms with E-state index in [0.717, 1.165) is 50.6 Å². The van der Waals surface area contributed by atoms with Crippen LogP contribution in [0.15, 0.2) is 42.7 Å². The molecule has 2 fully saturated rings. The molecular weight excluding hydrogens is 338 g/mol. The zero-order chi connectivity index (χ0) is 18.6. The molecule has 3 heterocycles. The minimum absolute atomic E-state index is 0.118. The van der Waals surface area contributed by atoms with Gasteiger partial charge in [0.2, 0.25) is 0 Å². The van der Waals surface area contributed by atoms with Gasteiger partial charge in [-0.25, -0.2) is 0 Å². The fourth-order valence-electron chi connectivity index (χ4n) is 3.72. The first kappa shape index (κ1) is 17.8. The molecular formula is C21H27N5O. The van der Waals surface area contributed by atoms with E-state index in [1.165, 1.54) is 18.5 Å². The number of benzene rings is 1. The number of hydrogen-bond donors (Lipinski definition) is 1. The molecule has 0 atom stereocenters. The lowest BCUT2D eigenvalue weighted by molar-refractivity contribution is 0.102. The Bertz CT molecular complexity index is 777. The number of pyridine rings is 1. The average Bonchev–Trinajstić information content (AvgIpc) is 3.24. The quantitative estimate of drug-likeness (QED) is 0.903. The van der Waals surface area contributed by atoms with Crippen molar-refractivity contribution >= 4 is 23.0 Å². The molecule has 6 nitrogen and oxygen atoms in total. The lowest BCUT2D eigenvalue weighted by Gasteiger charge is -2.33. The number of carbonyl (C=O) groups is 1. The Balaban J connectivity index is 1.41. The zero-order valence-corrected chi connectivity index (χ0v) is 15.9. The average molecular weight is 365 g/mol. The van der Waals surface area contributed by atoms with E-state index in [0.29, 0.717) is 5.56 Å². The van der Waals surface area contributed by atoms with Gasteiger partial charge in [-0.2, -0.15) is 0 Å². The third-order valence-corrected chi connectivity index (χ3v) is 5.45. The molecule has 27 heavy (non-hydrogen) atoms. The van der Waals surface area contributed by atoms with Gasteiger partial charge in [-0.15, -0.1) is 0 Å². The lowest BCUT2D eigenvalue weighted by atomic mass is 10.2. The van der Waals surface area contributed by atoms with Crippen LogP contribution < -0.4 is 15.1 Å². The highest BCUT2D eigenvalue weighted by Gasteiger charge is 2.17. The zero-order valence-electron chi connectivity index (χ0n) is 15.9. The number of aromatic nitrogens is 1. The van der Waals surface area contributed by atoms with Crippen LogP contribution in [-0.4, -0.2) is 62.1 Å². The number of carbonyl (C=O) groups excluding carboxylic acids is 1. The van der Waals surface area contributed by atoms with Gasteiger partial charge in [-0.1, -0.05) is 0 Å². The van der Waals surface area contributed by atoms with Crippen LogP contribution in [0.5, 0.6) is 0 Å². The summed E-state index contributed by atoms with van der Waals surface area (Å²) in [5.41, 5.74) is 3.65. The van der Waals surface area contributed by atoms with E-state index < -0.39 is 0 Å². The van der Waals surface area contributed by atoms with E-state index in [9.17, 15) is 4.79 Å². The van der Waals surface area contributed by atoms with Gasteiger partial charge >= 0.3 is 0 Å². The van der Waals surface area contributed by atoms with Crippen LogP contribution in [0.2, 0.25) is 0 Å². The SMILES string of the molecule is CN1CCN(c2cncc(C(=O)Nc3ccc(N4CCCC4)cc3)c2)CC1. The van der Waals surface area contributed by atoms with E-state index in [2.05, 4.69) is 44.2 Å². The molecule has 6 heteroatoms. The molecule has 4 rings (SSSR count). The standard InChI is InChI=1S/C21H27N5O/c1-24-10-12-26(13-11-24)20-14-17(15-22-16-20)21(27)23-18-4-6-19(7-5-18)25-8-2-3-9-25/h4-7,14-16H,2-3,8-13H2,1H3,(H,23,27). The normalized spacial score (nSPS) is 18.0. The maximum atomic E-state index is 12.7. The van der Waals surface area contributed by atoms with Crippen LogP contribution in [-0.2, 0) is 0 Å². The summed E-state index contributed by atoms with van der Waals surface area (Å²) in [6, 6.07) is 10.1. The Morgan fingerprint density at radius 3 is 2.26 bits per heavy atom. The second-order valence-electron chi connectivity index (χ2n) is 7.42. The smallest absolute Gasteiger partial charge is 0.257 e. The van der Waals surface area contributed by atoms with E-state index >= 15 is 0 Å². The Hall–Kier alpha value is -2.60. The molecule has 0 saturated carbocycles. The molecule has 0 unspecified atom stereocenters. The van der Waals surface area contributed by atoms with Crippen LogP contribution in [0.3, 0.4) is 0 Å². The summed E-state index contributed by atoms with van der Waals surface area (Å²) in [6.07, 6.45) is 5.99. The van der Waals surface area contributed by atoms with Gasteiger partial charge in [-0.05, 0) is 50.2 Å². The van der Waals surface area contributed by atoms with Crippen LogP contribution in [0, 0.1) is 0 Å². The van der Waals surface area contributed by atoms with Crippen molar-refractivity contribution in [3.8, 4) is 0 Å². The molecule has 2 aliphatic heterocycles. The van der Waals surface area contributed by atoms with Gasteiger partial charge < -0.3 is 20.0 Å². The van der Waals surface area contributed by atoms with E-state index in [4.69, 9.17) is 0 Å². The molecule has 0 radical (unpaired) electrons. The van der Waals surface area contributed by atoms with Crippen LogP contribution in [0.4, 0.5) is 17.1 Å². The van der Waals surface area contributed by atoms with Crippen molar-refractivity contribution in [2.24, 2.45) is 0 Å². The maximum Gasteiger partial charge on any atom is 0.257 e. The van der Waals surface area contributed by atoms with Crippen molar-refractivity contribution in [2.45, 2.75) is 12.8 Å². The minimum atomic E-state index is -0.118. The predicted molar refractivity (Wildman–Crippen MR) is 110 cm³/mol. The van der Waals surface area contributed by atoms with Gasteiger partial charge in [0.1, 0.15) is 0 Å². The third-order valence-electron chi connectivity index (χ3n) is 5.45. The monoisotopic (exact) mass is 365 g/mol. The molecule has 2 aliphatic rings. The molecule has 2 saturated heterocycles. The molecule has 142 valence electrons. The first-order valence-electron chi connectivity index (χ1n) is 9.74. The lowest BCUT2D eigenvalue weighted by Crippen LogP contribution is -2.44. The van der Waals surface area contributed by atoms with Gasteiger partial charge in [-0.3, -0.25) is 9.78 Å². The number of likely N-dealkylation sites (N-methyl/N-ethyl adjacent to an activating group) is 1. The highest BCUT2D eigenvalue weighted by Crippen LogP contribution is 2.23. The topological polar surface area (TPSA) is 51.7 Å². The molecule has 1 amide bonds. The highest BCUT2D eigenvalue weighted by atomic mass is 16.1. The molecule has 0 bridgehead atoms. The molecule has 0 spiro atoms. The fraction of sp³-hybridized carbons (Fsp3) is 0.429. The number of rotatable bonds is 4. The summed E-state index contributed by atoms with van der Waals surface area (Å²) < 4.78 is 0. The number of nitrogens with one attached hydrogen (secondary N) is 1. The van der Waals surface area contributed by atoms with Gasteiger partial charge in [0, 0.05) is 56.8 Å². The van der Waals surface area contributed by atoms with Crippen LogP contribution in [0.25, 0.3) is 0 Å². The fourth-order valence-corrected chi connectivity index (χ4v) is 3.72. The van der Waals surface area contributed by atoms with Crippen molar-refractivity contribution in [1.82, 2.24) is 9.88 Å². The highest BCUT2D eigenvalue weighted by molar-refractivity contribution is 6.04. The van der Waals surface area contributed by atoms with E-state index in [1.54, 1.807) is 6.20 Å². The second-order valence-corrected chi connectivity index (χ2v) is 7.42. The summed E-state index contributed by atoms with van der Waals surface area (Å²) in [5, 5.41) is 2.99. The van der Waals surface area contributed by atoms with Crippen molar-refractivity contribution in [3.63, 3.8) is 0 Å². The summed E-state index contributed by atoms with van der Waals surface area (Å²) in [5.74, 6) is -0.118. The molecule has 1 N–H and O–H groups in total. The molecule has 1 aromatic carbocycles. The Labute approximate surface area is 160 Å². The number of amides is 1.